The van der Waals surface area contributed by atoms with Crippen molar-refractivity contribution in [1.82, 2.24) is 10.2 Å². The third-order valence-corrected chi connectivity index (χ3v) is 4.78. The van der Waals surface area contributed by atoms with Gasteiger partial charge >= 0.3 is 0 Å². The maximum atomic E-state index is 12.6. The van der Waals surface area contributed by atoms with E-state index in [0.29, 0.717) is 6.54 Å². The van der Waals surface area contributed by atoms with E-state index in [4.69, 9.17) is 9.47 Å². The molecule has 1 aliphatic carbocycles. The number of ether oxygens (including phenoxy) is 2. The minimum atomic E-state index is 0. The predicted molar refractivity (Wildman–Crippen MR) is 96.1 cm³/mol. The van der Waals surface area contributed by atoms with Crippen LogP contribution in [0.15, 0.2) is 18.2 Å². The van der Waals surface area contributed by atoms with Crippen molar-refractivity contribution in [3.8, 4) is 11.5 Å². The summed E-state index contributed by atoms with van der Waals surface area (Å²) in [4.78, 5) is 14.5. The molecule has 1 heterocycles. The number of nitrogens with one attached hydrogen (secondary N) is 1. The molecule has 2 aliphatic rings. The summed E-state index contributed by atoms with van der Waals surface area (Å²) in [6.07, 6.45) is 4.62. The molecule has 24 heavy (non-hydrogen) atoms. The van der Waals surface area contributed by atoms with Gasteiger partial charge in [0, 0.05) is 18.2 Å². The minimum absolute atomic E-state index is 0. The molecule has 1 atom stereocenters. The summed E-state index contributed by atoms with van der Waals surface area (Å²) in [6, 6.07) is 5.95. The van der Waals surface area contributed by atoms with Gasteiger partial charge in [-0.25, -0.2) is 0 Å². The first-order valence-corrected chi connectivity index (χ1v) is 8.45. The van der Waals surface area contributed by atoms with Crippen LogP contribution in [0.25, 0.3) is 0 Å². The molecule has 1 aliphatic heterocycles. The van der Waals surface area contributed by atoms with Gasteiger partial charge in [0.2, 0.25) is 5.91 Å². The van der Waals surface area contributed by atoms with E-state index < -0.39 is 0 Å². The number of carbonyl (C=O) groups excluding carboxylic acids is 1. The molecule has 0 spiro atoms. The van der Waals surface area contributed by atoms with Crippen molar-refractivity contribution in [2.24, 2.45) is 5.92 Å². The van der Waals surface area contributed by atoms with Gasteiger partial charge in [0.15, 0.2) is 0 Å². The minimum Gasteiger partial charge on any atom is -0.497 e. The molecule has 0 bridgehead atoms. The average molecular weight is 355 g/mol. The van der Waals surface area contributed by atoms with Gasteiger partial charge < -0.3 is 19.7 Å². The lowest BCUT2D eigenvalue weighted by Crippen LogP contribution is -2.38. The Hall–Kier alpha value is -1.46. The Kier molecular flexibility index (Phi) is 6.75. The van der Waals surface area contributed by atoms with Crippen molar-refractivity contribution in [2.45, 2.75) is 31.7 Å². The third kappa shape index (κ3) is 4.33. The molecule has 2 fully saturated rings. The summed E-state index contributed by atoms with van der Waals surface area (Å²) in [7, 11) is 3.31. The zero-order valence-electron chi connectivity index (χ0n) is 14.4. The molecule has 5 nitrogen and oxygen atoms in total. The number of hydrogen-bond donors (Lipinski definition) is 1. The molecule has 1 unspecified atom stereocenters. The number of nitrogens with zero attached hydrogens (tertiary/aromatic N) is 1. The van der Waals surface area contributed by atoms with Crippen LogP contribution in [-0.4, -0.2) is 44.7 Å². The molecule has 0 aromatic heterocycles. The molecular formula is C18H27ClN2O3. The van der Waals surface area contributed by atoms with E-state index in [-0.39, 0.29) is 24.4 Å². The zero-order chi connectivity index (χ0) is 16.2. The van der Waals surface area contributed by atoms with Gasteiger partial charge in [-0.15, -0.1) is 12.4 Å². The normalized spacial score (nSPS) is 19.8. The van der Waals surface area contributed by atoms with Crippen molar-refractivity contribution in [1.29, 1.82) is 0 Å². The third-order valence-electron chi connectivity index (χ3n) is 4.78. The first kappa shape index (κ1) is 18.9. The van der Waals surface area contributed by atoms with Gasteiger partial charge in [0.05, 0.1) is 26.8 Å². The highest BCUT2D eigenvalue weighted by Crippen LogP contribution is 2.38. The molecule has 1 N–H and O–H groups in total. The summed E-state index contributed by atoms with van der Waals surface area (Å²) in [5, 5.41) is 3.30. The van der Waals surface area contributed by atoms with Crippen molar-refractivity contribution < 1.29 is 14.3 Å². The van der Waals surface area contributed by atoms with Crippen LogP contribution in [0.5, 0.6) is 11.5 Å². The van der Waals surface area contributed by atoms with Gasteiger partial charge in [0.1, 0.15) is 11.5 Å². The Labute approximate surface area is 150 Å². The lowest BCUT2D eigenvalue weighted by atomic mass is 10.0. The fraction of sp³-hybridized carbons (Fsp3) is 0.611. The highest BCUT2D eigenvalue weighted by molar-refractivity contribution is 5.85. The maximum Gasteiger partial charge on any atom is 0.237 e. The van der Waals surface area contributed by atoms with Gasteiger partial charge in [-0.2, -0.15) is 0 Å². The lowest BCUT2D eigenvalue weighted by Gasteiger charge is -2.26. The number of halogens is 1. The number of rotatable bonds is 7. The Morgan fingerprint density at radius 1 is 1.25 bits per heavy atom. The smallest absolute Gasteiger partial charge is 0.237 e. The summed E-state index contributed by atoms with van der Waals surface area (Å²) in [6.45, 7) is 2.23. The average Bonchev–Trinajstić information content (AvgIpc) is 3.27. The molecule has 1 aromatic carbocycles. The van der Waals surface area contributed by atoms with Crippen LogP contribution in [0, 0.1) is 5.92 Å². The predicted octanol–water partition coefficient (Wildman–Crippen LogP) is 2.79. The maximum absolute atomic E-state index is 12.6. The SMILES string of the molecule is COc1ccc(C2CCCN2C(=O)CNCC2CC2)c(OC)c1.Cl. The number of benzene rings is 1. The van der Waals surface area contributed by atoms with Crippen LogP contribution in [-0.2, 0) is 4.79 Å². The molecule has 6 heteroatoms. The van der Waals surface area contributed by atoms with Crippen molar-refractivity contribution >= 4 is 18.3 Å². The number of amides is 1. The molecule has 134 valence electrons. The van der Waals surface area contributed by atoms with Crippen LogP contribution in [0.3, 0.4) is 0 Å². The van der Waals surface area contributed by atoms with E-state index in [2.05, 4.69) is 5.32 Å². The quantitative estimate of drug-likeness (QED) is 0.818. The number of hydrogen-bond acceptors (Lipinski definition) is 4. The highest BCUT2D eigenvalue weighted by atomic mass is 35.5. The fourth-order valence-electron chi connectivity index (χ4n) is 3.29. The highest BCUT2D eigenvalue weighted by Gasteiger charge is 2.32. The largest absolute Gasteiger partial charge is 0.497 e. The van der Waals surface area contributed by atoms with E-state index in [1.54, 1.807) is 14.2 Å². The first-order chi connectivity index (χ1) is 11.2. The van der Waals surface area contributed by atoms with Crippen molar-refractivity contribution in [2.75, 3.05) is 33.9 Å². The van der Waals surface area contributed by atoms with E-state index >= 15 is 0 Å². The van der Waals surface area contributed by atoms with E-state index in [0.717, 1.165) is 48.9 Å². The molecule has 3 rings (SSSR count). The Balaban J connectivity index is 0.00000208. The van der Waals surface area contributed by atoms with Crippen LogP contribution in [0.2, 0.25) is 0 Å². The molecule has 1 amide bonds. The fourth-order valence-corrected chi connectivity index (χ4v) is 3.29. The second-order valence-electron chi connectivity index (χ2n) is 6.43. The molecule has 1 aromatic rings. The van der Waals surface area contributed by atoms with Crippen molar-refractivity contribution in [3.05, 3.63) is 23.8 Å². The number of methoxy groups -OCH3 is 2. The van der Waals surface area contributed by atoms with E-state index in [1.165, 1.54) is 12.8 Å². The Morgan fingerprint density at radius 3 is 2.71 bits per heavy atom. The van der Waals surface area contributed by atoms with Gasteiger partial charge in [-0.1, -0.05) is 0 Å². The summed E-state index contributed by atoms with van der Waals surface area (Å²) in [5.41, 5.74) is 1.07. The standard InChI is InChI=1S/C18H26N2O3.ClH/c1-22-14-7-8-15(17(10-14)23-2)16-4-3-9-20(16)18(21)12-19-11-13-5-6-13;/h7-8,10,13,16,19H,3-6,9,11-12H2,1-2H3;1H. The van der Waals surface area contributed by atoms with Crippen LogP contribution < -0.4 is 14.8 Å². The Morgan fingerprint density at radius 2 is 2.04 bits per heavy atom. The first-order valence-electron chi connectivity index (χ1n) is 8.45. The number of carbonyl (C=O) groups is 1. The molecular weight excluding hydrogens is 328 g/mol. The Bertz CT molecular complexity index is 563. The van der Waals surface area contributed by atoms with E-state index in [1.807, 2.05) is 23.1 Å². The second kappa shape index (κ2) is 8.58. The molecule has 1 saturated carbocycles. The molecule has 1 saturated heterocycles. The topological polar surface area (TPSA) is 50.8 Å². The summed E-state index contributed by atoms with van der Waals surface area (Å²) < 4.78 is 10.8. The zero-order valence-corrected chi connectivity index (χ0v) is 15.2. The van der Waals surface area contributed by atoms with Crippen molar-refractivity contribution in [3.63, 3.8) is 0 Å². The number of likely N-dealkylation sites (tertiary alicyclic amines) is 1. The second-order valence-corrected chi connectivity index (χ2v) is 6.43. The van der Waals surface area contributed by atoms with Gasteiger partial charge in [-0.3, -0.25) is 4.79 Å². The summed E-state index contributed by atoms with van der Waals surface area (Å²) in [5.74, 6) is 2.54. The van der Waals surface area contributed by atoms with Crippen LogP contribution in [0.4, 0.5) is 0 Å². The van der Waals surface area contributed by atoms with Crippen LogP contribution >= 0.6 is 12.4 Å². The van der Waals surface area contributed by atoms with Gasteiger partial charge in [-0.05, 0) is 50.3 Å². The van der Waals surface area contributed by atoms with Gasteiger partial charge in [0.25, 0.3) is 0 Å². The monoisotopic (exact) mass is 354 g/mol. The summed E-state index contributed by atoms with van der Waals surface area (Å²) >= 11 is 0. The van der Waals surface area contributed by atoms with E-state index in [9.17, 15) is 4.79 Å². The van der Waals surface area contributed by atoms with Crippen LogP contribution in [0.1, 0.15) is 37.3 Å². The molecule has 0 radical (unpaired) electrons. The lowest BCUT2D eigenvalue weighted by molar-refractivity contribution is -0.131.